The van der Waals surface area contributed by atoms with Crippen molar-refractivity contribution in [2.24, 2.45) is 4.99 Å². The van der Waals surface area contributed by atoms with Crippen molar-refractivity contribution in [2.45, 2.75) is 46.1 Å². The molecule has 0 aromatic heterocycles. The van der Waals surface area contributed by atoms with Crippen LogP contribution in [0.25, 0.3) is 0 Å². The van der Waals surface area contributed by atoms with Crippen LogP contribution in [0.15, 0.2) is 4.99 Å². The summed E-state index contributed by atoms with van der Waals surface area (Å²) in [6, 6.07) is 0. The second-order valence-electron chi connectivity index (χ2n) is 7.74. The van der Waals surface area contributed by atoms with Gasteiger partial charge in [0.1, 0.15) is 5.60 Å². The molecule has 1 amide bonds. The van der Waals surface area contributed by atoms with Crippen LogP contribution in [0.5, 0.6) is 0 Å². The minimum atomic E-state index is -0.429. The second kappa shape index (κ2) is 11.2. The summed E-state index contributed by atoms with van der Waals surface area (Å²) in [5, 5.41) is 3.39. The Labute approximate surface area is 175 Å². The summed E-state index contributed by atoms with van der Waals surface area (Å²) in [6.07, 6.45) is 2.32. The van der Waals surface area contributed by atoms with Crippen LogP contribution in [-0.2, 0) is 4.74 Å². The summed E-state index contributed by atoms with van der Waals surface area (Å²) in [6.45, 7) is 15.9. The molecule has 7 nitrogen and oxygen atoms in total. The van der Waals surface area contributed by atoms with E-state index in [2.05, 4.69) is 22.0 Å². The third-order valence-corrected chi connectivity index (χ3v) is 4.44. The molecule has 152 valence electrons. The minimum absolute atomic E-state index is 0. The summed E-state index contributed by atoms with van der Waals surface area (Å²) < 4.78 is 5.44. The van der Waals surface area contributed by atoms with Gasteiger partial charge in [-0.3, -0.25) is 9.89 Å². The van der Waals surface area contributed by atoms with Gasteiger partial charge < -0.3 is 19.9 Å². The number of carbonyl (C=O) groups is 1. The number of piperazine rings is 1. The Morgan fingerprint density at radius 2 is 1.65 bits per heavy atom. The van der Waals surface area contributed by atoms with Crippen LogP contribution in [0.2, 0.25) is 0 Å². The van der Waals surface area contributed by atoms with Gasteiger partial charge in [0.25, 0.3) is 0 Å². The molecule has 0 unspecified atom stereocenters. The number of hydrogen-bond acceptors (Lipinski definition) is 4. The van der Waals surface area contributed by atoms with Crippen molar-refractivity contribution >= 4 is 36.0 Å². The Balaban J connectivity index is 0.00000338. The summed E-state index contributed by atoms with van der Waals surface area (Å²) in [5.74, 6) is 1.05. The zero-order valence-corrected chi connectivity index (χ0v) is 19.1. The van der Waals surface area contributed by atoms with Crippen LogP contribution >= 0.6 is 24.0 Å². The van der Waals surface area contributed by atoms with E-state index in [-0.39, 0.29) is 30.1 Å². The topological polar surface area (TPSA) is 60.4 Å². The first kappa shape index (κ1) is 23.3. The fourth-order valence-corrected chi connectivity index (χ4v) is 3.13. The first-order valence-corrected chi connectivity index (χ1v) is 9.62. The summed E-state index contributed by atoms with van der Waals surface area (Å²) in [4.78, 5) is 23.4. The number of nitrogens with zero attached hydrogens (tertiary/aromatic N) is 4. The van der Waals surface area contributed by atoms with Gasteiger partial charge in [-0.15, -0.1) is 24.0 Å². The number of nitrogens with one attached hydrogen (secondary N) is 1. The molecule has 1 N–H and O–H groups in total. The van der Waals surface area contributed by atoms with E-state index in [1.807, 2.05) is 20.8 Å². The van der Waals surface area contributed by atoms with E-state index in [0.717, 1.165) is 64.9 Å². The smallest absolute Gasteiger partial charge is 0.410 e. The molecule has 2 rings (SSSR count). The Morgan fingerprint density at radius 1 is 1.04 bits per heavy atom. The van der Waals surface area contributed by atoms with E-state index in [1.54, 1.807) is 4.90 Å². The predicted octanol–water partition coefficient (Wildman–Crippen LogP) is 2.22. The van der Waals surface area contributed by atoms with Gasteiger partial charge in [-0.05, 0) is 40.5 Å². The maximum atomic E-state index is 12.1. The Bertz CT molecular complexity index is 453. The Morgan fingerprint density at radius 3 is 2.19 bits per heavy atom. The average molecular weight is 481 g/mol. The monoisotopic (exact) mass is 481 g/mol. The first-order chi connectivity index (χ1) is 11.9. The van der Waals surface area contributed by atoms with Gasteiger partial charge >= 0.3 is 6.09 Å². The van der Waals surface area contributed by atoms with Crippen LogP contribution in [0.1, 0.15) is 40.5 Å². The number of aliphatic imine (C=N–C) groups is 1. The van der Waals surface area contributed by atoms with Gasteiger partial charge in [0.2, 0.25) is 0 Å². The molecule has 0 radical (unpaired) electrons. The Kier molecular flexibility index (Phi) is 9.99. The van der Waals surface area contributed by atoms with Crippen molar-refractivity contribution < 1.29 is 9.53 Å². The van der Waals surface area contributed by atoms with Gasteiger partial charge in [-0.25, -0.2) is 4.79 Å². The van der Waals surface area contributed by atoms with Crippen LogP contribution in [0, 0.1) is 0 Å². The quantitative estimate of drug-likeness (QED) is 0.379. The maximum Gasteiger partial charge on any atom is 0.410 e. The summed E-state index contributed by atoms with van der Waals surface area (Å²) >= 11 is 0. The number of halogens is 1. The fraction of sp³-hybridized carbons (Fsp3) is 0.889. The van der Waals surface area contributed by atoms with Crippen molar-refractivity contribution in [3.63, 3.8) is 0 Å². The van der Waals surface area contributed by atoms with Gasteiger partial charge in [0.05, 0.1) is 6.54 Å². The first-order valence-electron chi connectivity index (χ1n) is 9.62. The van der Waals surface area contributed by atoms with Crippen molar-refractivity contribution in [3.05, 3.63) is 0 Å². The van der Waals surface area contributed by atoms with E-state index in [9.17, 15) is 4.79 Å². The molecule has 0 atom stereocenters. The summed E-state index contributed by atoms with van der Waals surface area (Å²) in [7, 11) is 0. The molecule has 0 saturated carbocycles. The Hall–Kier alpha value is -0.770. The lowest BCUT2D eigenvalue weighted by Gasteiger charge is -2.35. The van der Waals surface area contributed by atoms with E-state index in [4.69, 9.17) is 9.73 Å². The molecule has 2 fully saturated rings. The van der Waals surface area contributed by atoms with Crippen molar-refractivity contribution in [3.8, 4) is 0 Å². The molecular formula is C18H36IN5O2. The van der Waals surface area contributed by atoms with E-state index < -0.39 is 5.60 Å². The van der Waals surface area contributed by atoms with E-state index in [0.29, 0.717) is 0 Å². The van der Waals surface area contributed by atoms with Crippen LogP contribution in [0.3, 0.4) is 0 Å². The molecule has 2 aliphatic rings. The zero-order valence-electron chi connectivity index (χ0n) is 16.8. The number of rotatable bonds is 4. The van der Waals surface area contributed by atoms with Crippen LogP contribution < -0.4 is 5.32 Å². The number of guanidine groups is 1. The lowest BCUT2D eigenvalue weighted by Crippen LogP contribution is -2.50. The second-order valence-corrected chi connectivity index (χ2v) is 7.74. The standard InChI is InChI=1S/C18H35N5O2.HI/c1-5-19-16(22-9-6-7-10-22)20-8-11-21-12-14-23(15-13-21)17(24)25-18(2,3)4;/h5-15H2,1-4H3,(H,19,20);1H. The number of hydrogen-bond donors (Lipinski definition) is 1. The number of amides is 1. The molecule has 0 aromatic carbocycles. The average Bonchev–Trinajstić information content (AvgIpc) is 3.07. The van der Waals surface area contributed by atoms with Crippen molar-refractivity contribution in [1.29, 1.82) is 0 Å². The van der Waals surface area contributed by atoms with Crippen molar-refractivity contribution in [1.82, 2.24) is 20.0 Å². The normalized spacial score (nSPS) is 19.3. The third kappa shape index (κ3) is 7.85. The number of ether oxygens (including phenoxy) is 1. The van der Waals surface area contributed by atoms with Gasteiger partial charge in [0.15, 0.2) is 5.96 Å². The summed E-state index contributed by atoms with van der Waals surface area (Å²) in [5.41, 5.74) is -0.429. The number of likely N-dealkylation sites (tertiary alicyclic amines) is 1. The van der Waals surface area contributed by atoms with E-state index in [1.165, 1.54) is 12.8 Å². The molecule has 26 heavy (non-hydrogen) atoms. The molecule has 2 heterocycles. The zero-order chi connectivity index (χ0) is 18.3. The van der Waals surface area contributed by atoms with Gasteiger partial charge in [-0.1, -0.05) is 0 Å². The highest BCUT2D eigenvalue weighted by molar-refractivity contribution is 14.0. The lowest BCUT2D eigenvalue weighted by atomic mass is 10.2. The molecule has 2 aliphatic heterocycles. The van der Waals surface area contributed by atoms with Crippen LogP contribution in [-0.4, -0.2) is 91.3 Å². The molecule has 0 aromatic rings. The molecule has 2 saturated heterocycles. The third-order valence-electron chi connectivity index (χ3n) is 4.44. The van der Waals surface area contributed by atoms with Crippen molar-refractivity contribution in [2.75, 3.05) is 58.9 Å². The van der Waals surface area contributed by atoms with Gasteiger partial charge in [0, 0.05) is 52.4 Å². The van der Waals surface area contributed by atoms with Gasteiger partial charge in [-0.2, -0.15) is 0 Å². The highest BCUT2D eigenvalue weighted by Crippen LogP contribution is 2.12. The van der Waals surface area contributed by atoms with Crippen LogP contribution in [0.4, 0.5) is 4.79 Å². The van der Waals surface area contributed by atoms with E-state index >= 15 is 0 Å². The maximum absolute atomic E-state index is 12.1. The largest absolute Gasteiger partial charge is 0.444 e. The fourth-order valence-electron chi connectivity index (χ4n) is 3.13. The minimum Gasteiger partial charge on any atom is -0.444 e. The molecular weight excluding hydrogens is 445 g/mol. The highest BCUT2D eigenvalue weighted by Gasteiger charge is 2.25. The molecule has 0 aliphatic carbocycles. The number of carbonyl (C=O) groups excluding carboxylic acids is 1. The highest BCUT2D eigenvalue weighted by atomic mass is 127. The SMILES string of the molecule is CCNC(=NCCN1CCN(C(=O)OC(C)(C)C)CC1)N1CCCC1.I. The lowest BCUT2D eigenvalue weighted by molar-refractivity contribution is 0.0148. The molecule has 8 heteroatoms. The predicted molar refractivity (Wildman–Crippen MR) is 116 cm³/mol. The molecule has 0 spiro atoms. The molecule has 0 bridgehead atoms.